The van der Waals surface area contributed by atoms with E-state index in [9.17, 15) is 0 Å². The minimum absolute atomic E-state index is 0.117. The summed E-state index contributed by atoms with van der Waals surface area (Å²) in [6, 6.07) is 9.89. The fourth-order valence-electron chi connectivity index (χ4n) is 2.26. The van der Waals surface area contributed by atoms with Crippen molar-refractivity contribution < 1.29 is 4.74 Å². The maximum absolute atomic E-state index is 6.23. The third-order valence-corrected chi connectivity index (χ3v) is 3.49. The molecular weight excluding hydrogens is 288 g/mol. The quantitative estimate of drug-likeness (QED) is 0.680. The molecule has 1 aromatic carbocycles. The number of nitrogens with zero attached hydrogens (tertiary/aromatic N) is 4. The summed E-state index contributed by atoms with van der Waals surface area (Å²) in [5, 5.41) is 5.22. The molecule has 108 valence electrons. The maximum atomic E-state index is 6.23. The van der Waals surface area contributed by atoms with E-state index in [-0.39, 0.29) is 5.38 Å². The van der Waals surface area contributed by atoms with E-state index in [2.05, 4.69) is 15.1 Å². The molecule has 0 fully saturated rings. The van der Waals surface area contributed by atoms with Crippen molar-refractivity contribution in [2.75, 3.05) is 13.7 Å². The molecule has 3 rings (SSSR count). The zero-order chi connectivity index (χ0) is 14.7. The Balaban J connectivity index is 2.00. The van der Waals surface area contributed by atoms with Crippen molar-refractivity contribution in [3.63, 3.8) is 0 Å². The Hall–Kier alpha value is -1.98. The minimum atomic E-state index is -0.117. The van der Waals surface area contributed by atoms with E-state index in [1.807, 2.05) is 30.3 Å². The monoisotopic (exact) mass is 302 g/mol. The van der Waals surface area contributed by atoms with Gasteiger partial charge in [0.2, 0.25) is 0 Å². The Morgan fingerprint density at radius 2 is 2.05 bits per heavy atom. The van der Waals surface area contributed by atoms with Crippen LogP contribution < -0.4 is 0 Å². The first kappa shape index (κ1) is 14.0. The van der Waals surface area contributed by atoms with Gasteiger partial charge in [-0.05, 0) is 12.1 Å². The van der Waals surface area contributed by atoms with Gasteiger partial charge < -0.3 is 4.74 Å². The lowest BCUT2D eigenvalue weighted by Crippen LogP contribution is -2.12. The zero-order valence-corrected chi connectivity index (χ0v) is 12.4. The third-order valence-electron chi connectivity index (χ3n) is 3.21. The topological polar surface area (TPSA) is 52.8 Å². The summed E-state index contributed by atoms with van der Waals surface area (Å²) >= 11 is 6.23. The molecule has 0 spiro atoms. The van der Waals surface area contributed by atoms with Gasteiger partial charge in [0.05, 0.1) is 34.9 Å². The second-order valence-electron chi connectivity index (χ2n) is 4.71. The number of hydrogen-bond acceptors (Lipinski definition) is 4. The lowest BCUT2D eigenvalue weighted by Gasteiger charge is -2.08. The van der Waals surface area contributed by atoms with Crippen molar-refractivity contribution in [1.29, 1.82) is 0 Å². The van der Waals surface area contributed by atoms with Gasteiger partial charge in [-0.2, -0.15) is 5.10 Å². The van der Waals surface area contributed by atoms with Crippen LogP contribution in [0.2, 0.25) is 0 Å². The van der Waals surface area contributed by atoms with E-state index in [4.69, 9.17) is 16.3 Å². The van der Waals surface area contributed by atoms with E-state index in [0.717, 1.165) is 22.4 Å². The highest BCUT2D eigenvalue weighted by molar-refractivity contribution is 6.20. The predicted octanol–water partition coefficient (Wildman–Crippen LogP) is 2.61. The number of fused-ring (bicyclic) bond motifs is 1. The normalized spacial score (nSPS) is 12.7. The Labute approximate surface area is 127 Å². The van der Waals surface area contributed by atoms with Gasteiger partial charge in [0.15, 0.2) is 5.65 Å². The van der Waals surface area contributed by atoms with E-state index < -0.39 is 0 Å². The highest BCUT2D eigenvalue weighted by atomic mass is 35.5. The molecule has 0 aliphatic heterocycles. The van der Waals surface area contributed by atoms with Gasteiger partial charge in [-0.3, -0.25) is 0 Å². The predicted molar refractivity (Wildman–Crippen MR) is 81.9 cm³/mol. The first-order valence-corrected chi connectivity index (χ1v) is 7.09. The lowest BCUT2D eigenvalue weighted by atomic mass is 10.2. The third kappa shape index (κ3) is 2.89. The average Bonchev–Trinajstić information content (AvgIpc) is 2.93. The van der Waals surface area contributed by atoms with Crippen LogP contribution in [0.15, 0.2) is 42.9 Å². The van der Waals surface area contributed by atoms with Gasteiger partial charge in [0, 0.05) is 13.5 Å². The summed E-state index contributed by atoms with van der Waals surface area (Å²) in [7, 11) is 1.64. The van der Waals surface area contributed by atoms with E-state index in [0.29, 0.717) is 13.0 Å². The molecule has 0 bridgehead atoms. The average molecular weight is 303 g/mol. The molecule has 5 nitrogen and oxygen atoms in total. The van der Waals surface area contributed by atoms with Crippen molar-refractivity contribution in [1.82, 2.24) is 19.7 Å². The number of benzene rings is 1. The highest BCUT2D eigenvalue weighted by Gasteiger charge is 2.14. The van der Waals surface area contributed by atoms with Crippen LogP contribution in [0.4, 0.5) is 0 Å². The van der Waals surface area contributed by atoms with Crippen LogP contribution in [0.1, 0.15) is 5.69 Å². The Bertz CT molecular complexity index is 729. The summed E-state index contributed by atoms with van der Waals surface area (Å²) in [6.45, 7) is 0.486. The summed E-state index contributed by atoms with van der Waals surface area (Å²) < 4.78 is 6.87. The molecule has 2 aromatic heterocycles. The Morgan fingerprint density at radius 1 is 1.24 bits per heavy atom. The molecule has 6 heteroatoms. The number of para-hydroxylation sites is 1. The molecule has 0 saturated carbocycles. The smallest absolute Gasteiger partial charge is 0.166 e. The van der Waals surface area contributed by atoms with Gasteiger partial charge in [-0.15, -0.1) is 11.6 Å². The molecule has 2 heterocycles. The second kappa shape index (κ2) is 6.20. The summed E-state index contributed by atoms with van der Waals surface area (Å²) in [5.41, 5.74) is 2.64. The second-order valence-corrected chi connectivity index (χ2v) is 5.32. The fourth-order valence-corrected chi connectivity index (χ4v) is 2.54. The number of hydrogen-bond donors (Lipinski definition) is 0. The van der Waals surface area contributed by atoms with Gasteiger partial charge in [-0.25, -0.2) is 14.6 Å². The molecule has 0 aliphatic carbocycles. The van der Waals surface area contributed by atoms with Gasteiger partial charge in [0.1, 0.15) is 6.33 Å². The van der Waals surface area contributed by atoms with Gasteiger partial charge in [0.25, 0.3) is 0 Å². The summed E-state index contributed by atoms with van der Waals surface area (Å²) in [5.74, 6) is 0. The van der Waals surface area contributed by atoms with Crippen molar-refractivity contribution in [3.05, 3.63) is 48.5 Å². The fraction of sp³-hybridized carbons (Fsp3) is 0.267. The van der Waals surface area contributed by atoms with Crippen LogP contribution in [-0.4, -0.2) is 38.8 Å². The highest BCUT2D eigenvalue weighted by Crippen LogP contribution is 2.20. The number of alkyl halides is 1. The first-order chi connectivity index (χ1) is 10.3. The van der Waals surface area contributed by atoms with E-state index >= 15 is 0 Å². The number of methoxy groups -OCH3 is 1. The molecule has 0 N–H and O–H groups in total. The van der Waals surface area contributed by atoms with Crippen molar-refractivity contribution in [3.8, 4) is 5.69 Å². The van der Waals surface area contributed by atoms with Crippen LogP contribution in [-0.2, 0) is 11.2 Å². The molecule has 0 saturated heterocycles. The van der Waals surface area contributed by atoms with Crippen LogP contribution in [0.25, 0.3) is 16.7 Å². The van der Waals surface area contributed by atoms with E-state index in [1.54, 1.807) is 24.3 Å². The summed E-state index contributed by atoms with van der Waals surface area (Å²) in [4.78, 5) is 8.68. The van der Waals surface area contributed by atoms with Crippen LogP contribution >= 0.6 is 11.6 Å². The molecular formula is C15H15ClN4O. The number of ether oxygens (including phenoxy) is 1. The largest absolute Gasteiger partial charge is 0.383 e. The number of aromatic nitrogens is 4. The van der Waals surface area contributed by atoms with Crippen molar-refractivity contribution in [2.45, 2.75) is 11.8 Å². The van der Waals surface area contributed by atoms with Crippen LogP contribution in [0.5, 0.6) is 0 Å². The molecule has 0 amide bonds. The van der Waals surface area contributed by atoms with Gasteiger partial charge >= 0.3 is 0 Å². The molecule has 1 unspecified atom stereocenters. The minimum Gasteiger partial charge on any atom is -0.383 e. The zero-order valence-electron chi connectivity index (χ0n) is 11.6. The molecule has 3 aromatic rings. The maximum Gasteiger partial charge on any atom is 0.166 e. The van der Waals surface area contributed by atoms with Crippen LogP contribution in [0, 0.1) is 0 Å². The lowest BCUT2D eigenvalue weighted by molar-refractivity contribution is 0.197. The standard InChI is InChI=1S/C15H15ClN4O/c1-21-9-11(16)7-14-13-8-19-20(15(13)18-10-17-14)12-5-3-2-4-6-12/h2-6,8,10-11H,7,9H2,1H3. The van der Waals surface area contributed by atoms with Gasteiger partial charge in [-0.1, -0.05) is 18.2 Å². The summed E-state index contributed by atoms with van der Waals surface area (Å²) in [6.07, 6.45) is 3.96. The van der Waals surface area contributed by atoms with Crippen molar-refractivity contribution >= 4 is 22.6 Å². The van der Waals surface area contributed by atoms with E-state index in [1.165, 1.54) is 0 Å². The number of rotatable bonds is 5. The Kier molecular flexibility index (Phi) is 4.13. The SMILES string of the molecule is COCC(Cl)Cc1ncnc2c1cnn2-c1ccccc1. The molecule has 0 radical (unpaired) electrons. The molecule has 1 atom stereocenters. The van der Waals surface area contributed by atoms with Crippen LogP contribution in [0.3, 0.4) is 0 Å². The Morgan fingerprint density at radius 3 is 2.81 bits per heavy atom. The van der Waals surface area contributed by atoms with Crippen molar-refractivity contribution in [2.24, 2.45) is 0 Å². The first-order valence-electron chi connectivity index (χ1n) is 6.65. The molecule has 0 aliphatic rings. The molecule has 21 heavy (non-hydrogen) atoms. The number of halogens is 1.